The number of carbonyl (C=O) groups excluding carboxylic acids is 3. The van der Waals surface area contributed by atoms with Crippen molar-refractivity contribution < 1.29 is 42.9 Å². The van der Waals surface area contributed by atoms with Crippen LogP contribution in [0.2, 0.25) is 0 Å². The number of hydrogen-bond acceptors (Lipinski definition) is 8. The van der Waals surface area contributed by atoms with Crippen molar-refractivity contribution in [2.24, 2.45) is 0 Å². The van der Waals surface area contributed by atoms with Crippen LogP contribution < -0.4 is 5.11 Å². The van der Waals surface area contributed by atoms with Gasteiger partial charge in [0.05, 0.1) is 40.3 Å². The summed E-state index contributed by atoms with van der Waals surface area (Å²) < 4.78 is 22.8. The Labute approximate surface area is 494 Å². The number of allylic oxidation sites excluding steroid dienone is 12. The fourth-order valence-corrected chi connectivity index (χ4v) is 9.60. The molecular formula is C71H127NO8. The van der Waals surface area contributed by atoms with Gasteiger partial charge >= 0.3 is 11.9 Å². The van der Waals surface area contributed by atoms with Crippen LogP contribution in [-0.2, 0) is 33.3 Å². The van der Waals surface area contributed by atoms with Crippen LogP contribution in [0.4, 0.5) is 0 Å². The van der Waals surface area contributed by atoms with Crippen molar-refractivity contribution in [2.45, 2.75) is 315 Å². The Morgan fingerprint density at radius 3 is 1.06 bits per heavy atom. The normalized spacial score (nSPS) is 13.2. The van der Waals surface area contributed by atoms with Gasteiger partial charge in [0.25, 0.3) is 0 Å². The van der Waals surface area contributed by atoms with Crippen LogP contribution in [-0.4, -0.2) is 82.3 Å². The van der Waals surface area contributed by atoms with E-state index in [1.807, 2.05) is 21.1 Å². The highest BCUT2D eigenvalue weighted by atomic mass is 16.7. The van der Waals surface area contributed by atoms with Gasteiger partial charge in [-0.05, 0) is 64.2 Å². The lowest BCUT2D eigenvalue weighted by molar-refractivity contribution is -0.870. The van der Waals surface area contributed by atoms with E-state index in [1.54, 1.807) is 0 Å². The van der Waals surface area contributed by atoms with Crippen LogP contribution >= 0.6 is 0 Å². The second-order valence-corrected chi connectivity index (χ2v) is 23.7. The minimum absolute atomic E-state index is 0.143. The molecule has 80 heavy (non-hydrogen) atoms. The van der Waals surface area contributed by atoms with Crippen molar-refractivity contribution in [3.8, 4) is 0 Å². The number of quaternary nitrogens is 1. The summed E-state index contributed by atoms with van der Waals surface area (Å²) in [6, 6.07) is 0. The van der Waals surface area contributed by atoms with E-state index in [-0.39, 0.29) is 38.6 Å². The molecule has 464 valence electrons. The van der Waals surface area contributed by atoms with Gasteiger partial charge < -0.3 is 33.3 Å². The van der Waals surface area contributed by atoms with Crippen molar-refractivity contribution in [2.75, 3.05) is 47.5 Å². The molecular weight excluding hydrogens is 995 g/mol. The molecule has 0 aromatic heterocycles. The summed E-state index contributed by atoms with van der Waals surface area (Å²) in [7, 11) is 5.92. The third-order valence-electron chi connectivity index (χ3n) is 14.7. The highest BCUT2D eigenvalue weighted by Crippen LogP contribution is 2.18. The van der Waals surface area contributed by atoms with Crippen LogP contribution in [0.25, 0.3) is 0 Å². The van der Waals surface area contributed by atoms with Crippen molar-refractivity contribution in [1.82, 2.24) is 0 Å². The van der Waals surface area contributed by atoms with Crippen LogP contribution in [0, 0.1) is 0 Å². The molecule has 0 saturated carbocycles. The van der Waals surface area contributed by atoms with Crippen LogP contribution in [0.3, 0.4) is 0 Å². The fraction of sp³-hybridized carbons (Fsp3) is 0.789. The predicted octanol–water partition coefficient (Wildman–Crippen LogP) is 19.2. The predicted molar refractivity (Wildman–Crippen MR) is 338 cm³/mol. The fourth-order valence-electron chi connectivity index (χ4n) is 9.60. The first-order chi connectivity index (χ1) is 39.1. The lowest BCUT2D eigenvalue weighted by Gasteiger charge is -2.26. The van der Waals surface area contributed by atoms with Crippen LogP contribution in [0.15, 0.2) is 72.9 Å². The molecule has 0 rings (SSSR count). The zero-order valence-corrected chi connectivity index (χ0v) is 52.9. The molecule has 2 unspecified atom stereocenters. The molecule has 0 spiro atoms. The second-order valence-electron chi connectivity index (χ2n) is 23.7. The summed E-state index contributed by atoms with van der Waals surface area (Å²) in [4.78, 5) is 37.4. The molecule has 0 fully saturated rings. The summed E-state index contributed by atoms with van der Waals surface area (Å²) in [5.41, 5.74) is 0. The number of hydrogen-bond donors (Lipinski definition) is 0. The maximum absolute atomic E-state index is 12.9. The van der Waals surface area contributed by atoms with Gasteiger partial charge in [-0.1, -0.05) is 299 Å². The van der Waals surface area contributed by atoms with Crippen LogP contribution in [0.5, 0.6) is 0 Å². The minimum Gasteiger partial charge on any atom is -0.545 e. The Kier molecular flexibility index (Phi) is 59.3. The molecule has 0 heterocycles. The van der Waals surface area contributed by atoms with Gasteiger partial charge in [-0.3, -0.25) is 9.59 Å². The largest absolute Gasteiger partial charge is 0.545 e. The second kappa shape index (κ2) is 61.8. The first-order valence-electron chi connectivity index (χ1n) is 33.6. The Morgan fingerprint density at radius 1 is 0.388 bits per heavy atom. The number of nitrogens with zero attached hydrogens (tertiary/aromatic N) is 1. The van der Waals surface area contributed by atoms with Crippen molar-refractivity contribution in [3.63, 3.8) is 0 Å². The van der Waals surface area contributed by atoms with Crippen LogP contribution in [0.1, 0.15) is 303 Å². The first kappa shape index (κ1) is 76.7. The van der Waals surface area contributed by atoms with E-state index in [1.165, 1.54) is 173 Å². The Morgan fingerprint density at radius 2 is 0.713 bits per heavy atom. The first-order valence-corrected chi connectivity index (χ1v) is 33.6. The van der Waals surface area contributed by atoms with Gasteiger partial charge in [0.1, 0.15) is 13.2 Å². The molecule has 0 aromatic carbocycles. The van der Waals surface area contributed by atoms with E-state index in [4.69, 9.17) is 18.9 Å². The Hall–Kier alpha value is -3.27. The molecule has 0 aliphatic carbocycles. The molecule has 0 N–H and O–H groups in total. The third kappa shape index (κ3) is 62.3. The van der Waals surface area contributed by atoms with Crippen molar-refractivity contribution in [1.29, 1.82) is 0 Å². The van der Waals surface area contributed by atoms with E-state index in [9.17, 15) is 19.5 Å². The third-order valence-corrected chi connectivity index (χ3v) is 14.7. The van der Waals surface area contributed by atoms with Gasteiger partial charge in [0, 0.05) is 12.8 Å². The number of carboxylic acid groups (broad SMARTS) is 1. The average molecular weight is 1120 g/mol. The van der Waals surface area contributed by atoms with Crippen molar-refractivity contribution in [3.05, 3.63) is 72.9 Å². The van der Waals surface area contributed by atoms with E-state index in [0.717, 1.165) is 96.3 Å². The molecule has 0 radical (unpaired) electrons. The topological polar surface area (TPSA) is 111 Å². The molecule has 9 nitrogen and oxygen atoms in total. The number of carbonyl (C=O) groups is 3. The minimum atomic E-state index is -1.63. The number of aliphatic carboxylic acids is 1. The number of likely N-dealkylation sites (N-methyl/N-ethyl adjacent to an activating group) is 1. The quantitative estimate of drug-likeness (QED) is 0.0195. The lowest BCUT2D eigenvalue weighted by Crippen LogP contribution is -2.44. The van der Waals surface area contributed by atoms with Gasteiger partial charge in [-0.2, -0.15) is 0 Å². The number of rotatable bonds is 62. The van der Waals surface area contributed by atoms with E-state index in [0.29, 0.717) is 17.4 Å². The summed E-state index contributed by atoms with van der Waals surface area (Å²) in [6.07, 6.45) is 78.4. The summed E-state index contributed by atoms with van der Waals surface area (Å²) in [5.74, 6) is -2.29. The summed E-state index contributed by atoms with van der Waals surface area (Å²) in [5, 5.41) is 11.8. The van der Waals surface area contributed by atoms with E-state index >= 15 is 0 Å². The highest BCUT2D eigenvalue weighted by molar-refractivity contribution is 5.70. The maximum atomic E-state index is 12.9. The molecule has 2 atom stereocenters. The summed E-state index contributed by atoms with van der Waals surface area (Å²) >= 11 is 0. The van der Waals surface area contributed by atoms with Gasteiger partial charge in [-0.25, -0.2) is 0 Å². The van der Waals surface area contributed by atoms with E-state index in [2.05, 4.69) is 86.8 Å². The number of unbranched alkanes of at least 4 members (excludes halogenated alkanes) is 35. The zero-order valence-electron chi connectivity index (χ0n) is 52.9. The number of esters is 2. The zero-order chi connectivity index (χ0) is 58.3. The highest BCUT2D eigenvalue weighted by Gasteiger charge is 2.22. The Bertz CT molecular complexity index is 1540. The molecule has 0 aromatic rings. The number of ether oxygens (including phenoxy) is 4. The monoisotopic (exact) mass is 1120 g/mol. The molecule has 9 heteroatoms. The smallest absolute Gasteiger partial charge is 0.306 e. The Balaban J connectivity index is 4.14. The maximum Gasteiger partial charge on any atom is 0.306 e. The molecule has 0 aliphatic rings. The number of carboxylic acids is 1. The van der Waals surface area contributed by atoms with Gasteiger partial charge in [0.2, 0.25) is 0 Å². The lowest BCUT2D eigenvalue weighted by atomic mass is 10.0. The standard InChI is InChI=1S/C71H127NO8/c1-6-8-10-12-14-16-18-20-22-24-26-28-30-32-33-34-35-36-38-39-41-43-45-47-49-51-53-55-57-59-61-68(73)78-65-67(66-79-71(70(75)76)77-64-63-72(3,4)5)80-69(74)62-60-58-56-54-52-50-48-46-44-42-40-37-31-29-27-25-23-21-19-17-15-13-11-9-7-2/h9,11,15,17,21,23,27,29,37,40,44,46,67,71H,6-8,10,12-14,16,18-20,22,24-26,28,30-36,38-39,41-43,45,47-66H2,1-5H3/b11-9-,17-15-,23-21-,29-27-,40-37-,46-44-. The summed E-state index contributed by atoms with van der Waals surface area (Å²) in [6.45, 7) is 4.65. The van der Waals surface area contributed by atoms with Gasteiger partial charge in [-0.15, -0.1) is 0 Å². The van der Waals surface area contributed by atoms with Crippen molar-refractivity contribution >= 4 is 17.9 Å². The van der Waals surface area contributed by atoms with E-state index < -0.39 is 24.3 Å². The molecule has 0 saturated heterocycles. The van der Waals surface area contributed by atoms with Gasteiger partial charge in [0.15, 0.2) is 12.4 Å². The SMILES string of the molecule is CC/C=C\C/C=C\C/C=C\C/C=C\C/C=C\C/C=C\CCCCCCCCC(=O)OC(COC(=O)CCCCCCCCCCCCCCCCCCCCCCCCCCCCCCCC)COC(OCC[N+](C)(C)C)C(=O)[O-]. The average Bonchev–Trinajstić information content (AvgIpc) is 3.43. The molecule has 0 amide bonds. The molecule has 0 bridgehead atoms. The molecule has 0 aliphatic heterocycles.